The van der Waals surface area contributed by atoms with Crippen LogP contribution in [-0.2, 0) is 33.2 Å². The van der Waals surface area contributed by atoms with Crippen molar-refractivity contribution >= 4 is 5.97 Å². The number of nitrogens with one attached hydrogen (secondary N) is 1. The molecule has 184 valence electrons. The molecule has 0 spiro atoms. The Bertz CT molecular complexity index is 827. The van der Waals surface area contributed by atoms with Gasteiger partial charge in [0, 0.05) is 12.5 Å². The first-order valence-corrected chi connectivity index (χ1v) is 11.8. The average Bonchev–Trinajstić information content (AvgIpc) is 3.21. The van der Waals surface area contributed by atoms with E-state index in [0.717, 1.165) is 5.56 Å². The summed E-state index contributed by atoms with van der Waals surface area (Å²) in [6.07, 6.45) is -2.10. The van der Waals surface area contributed by atoms with Crippen LogP contribution in [0.2, 0.25) is 0 Å². The van der Waals surface area contributed by atoms with Gasteiger partial charge in [0.2, 0.25) is 0 Å². The zero-order valence-corrected chi connectivity index (χ0v) is 20.6. The van der Waals surface area contributed by atoms with Gasteiger partial charge in [-0.2, -0.15) is 0 Å². The molecule has 7 atom stereocenters. The van der Waals surface area contributed by atoms with Gasteiger partial charge in [-0.25, -0.2) is 0 Å². The summed E-state index contributed by atoms with van der Waals surface area (Å²) in [6.45, 7) is 13.2. The minimum absolute atomic E-state index is 0.0646. The summed E-state index contributed by atoms with van der Waals surface area (Å²) in [5, 5.41) is 3.44. The summed E-state index contributed by atoms with van der Waals surface area (Å²) in [5.74, 6) is -1.90. The molecule has 4 rings (SSSR count). The predicted molar refractivity (Wildman–Crippen MR) is 120 cm³/mol. The molecule has 0 saturated carbocycles. The van der Waals surface area contributed by atoms with Crippen LogP contribution in [0.15, 0.2) is 30.3 Å². The van der Waals surface area contributed by atoms with Gasteiger partial charge in [-0.05, 0) is 54.0 Å². The van der Waals surface area contributed by atoms with Gasteiger partial charge in [0.05, 0.1) is 12.2 Å². The number of carbonyl (C=O) groups is 1. The van der Waals surface area contributed by atoms with Crippen LogP contribution in [0, 0.1) is 0 Å². The van der Waals surface area contributed by atoms with E-state index in [-0.39, 0.29) is 24.2 Å². The lowest BCUT2D eigenvalue weighted by Crippen LogP contribution is -2.57. The van der Waals surface area contributed by atoms with Crippen molar-refractivity contribution in [3.8, 4) is 0 Å². The van der Waals surface area contributed by atoms with E-state index >= 15 is 0 Å². The van der Waals surface area contributed by atoms with Gasteiger partial charge in [0.15, 0.2) is 17.9 Å². The number of hydrogen-bond donors (Lipinski definition) is 1. The molecule has 3 fully saturated rings. The first kappa shape index (κ1) is 24.6. The smallest absolute Gasteiger partial charge is 0.323 e. The standard InChI is InChI=1S/C25H37NO7/c1-14(2)28-22(27)17(26-15(3)16-11-9-8-10-12-16)13-18-19-20(31-24(4,5)30-19)21-23(29-18)33-25(6,7)32-21/h8-12,14-15,17-21,23,26H,13H2,1-7H3/t15-,17-,18+,19-,20-,21+,23+/m0/s1. The largest absolute Gasteiger partial charge is 0.462 e. The van der Waals surface area contributed by atoms with Crippen LogP contribution in [-0.4, -0.2) is 60.4 Å². The van der Waals surface area contributed by atoms with Crippen LogP contribution < -0.4 is 5.32 Å². The van der Waals surface area contributed by atoms with Crippen molar-refractivity contribution < 1.29 is 33.2 Å². The summed E-state index contributed by atoms with van der Waals surface area (Å²) >= 11 is 0. The maximum Gasteiger partial charge on any atom is 0.323 e. The Morgan fingerprint density at radius 1 is 0.939 bits per heavy atom. The van der Waals surface area contributed by atoms with Crippen LogP contribution in [0.5, 0.6) is 0 Å². The Kier molecular flexibility index (Phi) is 6.88. The number of esters is 1. The van der Waals surface area contributed by atoms with Gasteiger partial charge < -0.3 is 28.4 Å². The van der Waals surface area contributed by atoms with Crippen molar-refractivity contribution in [1.29, 1.82) is 0 Å². The van der Waals surface area contributed by atoms with Crippen molar-refractivity contribution in [2.75, 3.05) is 0 Å². The molecule has 3 aliphatic rings. The SMILES string of the molecule is CC(C)OC(=O)[C@H](C[C@H]1O[C@@H]2OC(C)(C)O[C@@H]2[C@H]2OC(C)(C)O[C@H]21)N[C@@H](C)c1ccccc1. The first-order chi connectivity index (χ1) is 15.4. The average molecular weight is 464 g/mol. The first-order valence-electron chi connectivity index (χ1n) is 11.8. The Morgan fingerprint density at radius 2 is 1.55 bits per heavy atom. The lowest BCUT2D eigenvalue weighted by atomic mass is 9.93. The van der Waals surface area contributed by atoms with Crippen LogP contribution >= 0.6 is 0 Å². The predicted octanol–water partition coefficient (Wildman–Crippen LogP) is 3.44. The molecule has 3 aliphatic heterocycles. The van der Waals surface area contributed by atoms with Crippen molar-refractivity contribution in [1.82, 2.24) is 5.32 Å². The van der Waals surface area contributed by atoms with E-state index in [1.165, 1.54) is 0 Å². The third-order valence-electron chi connectivity index (χ3n) is 6.11. The van der Waals surface area contributed by atoms with Gasteiger partial charge >= 0.3 is 5.97 Å². The highest BCUT2D eigenvalue weighted by atomic mass is 16.9. The highest BCUT2D eigenvalue weighted by Gasteiger charge is 2.61. The van der Waals surface area contributed by atoms with Crippen LogP contribution in [0.1, 0.15) is 66.5 Å². The van der Waals surface area contributed by atoms with E-state index in [4.69, 9.17) is 28.4 Å². The molecule has 3 heterocycles. The monoisotopic (exact) mass is 463 g/mol. The highest BCUT2D eigenvalue weighted by Crippen LogP contribution is 2.45. The molecule has 33 heavy (non-hydrogen) atoms. The Labute approximate surface area is 196 Å². The van der Waals surface area contributed by atoms with Crippen molar-refractivity contribution in [3.05, 3.63) is 35.9 Å². The zero-order valence-electron chi connectivity index (χ0n) is 20.6. The summed E-state index contributed by atoms with van der Waals surface area (Å²) < 4.78 is 36.4. The summed E-state index contributed by atoms with van der Waals surface area (Å²) in [7, 11) is 0. The summed E-state index contributed by atoms with van der Waals surface area (Å²) in [6, 6.07) is 9.32. The van der Waals surface area contributed by atoms with E-state index in [9.17, 15) is 4.79 Å². The number of hydrogen-bond acceptors (Lipinski definition) is 8. The molecule has 0 radical (unpaired) electrons. The molecule has 0 bridgehead atoms. The third-order valence-corrected chi connectivity index (χ3v) is 6.11. The normalized spacial score (nSPS) is 33.9. The molecule has 0 unspecified atom stereocenters. The molecule has 0 amide bonds. The van der Waals surface area contributed by atoms with Crippen molar-refractivity contribution in [2.45, 2.75) is 115 Å². The second-order valence-corrected chi connectivity index (χ2v) is 10.3. The van der Waals surface area contributed by atoms with Gasteiger partial charge in [-0.15, -0.1) is 0 Å². The number of benzene rings is 1. The molecule has 8 heteroatoms. The topological polar surface area (TPSA) is 84.5 Å². The fourth-order valence-electron chi connectivity index (χ4n) is 4.80. The van der Waals surface area contributed by atoms with Gasteiger partial charge in [-0.1, -0.05) is 30.3 Å². The maximum atomic E-state index is 13.1. The fraction of sp³-hybridized carbons (Fsp3) is 0.720. The molecular weight excluding hydrogens is 426 g/mol. The molecule has 0 aliphatic carbocycles. The maximum absolute atomic E-state index is 13.1. The molecule has 8 nitrogen and oxygen atoms in total. The minimum Gasteiger partial charge on any atom is -0.462 e. The quantitative estimate of drug-likeness (QED) is 0.616. The number of ether oxygens (including phenoxy) is 6. The lowest BCUT2D eigenvalue weighted by molar-refractivity contribution is -0.236. The Balaban J connectivity index is 1.55. The van der Waals surface area contributed by atoms with Gasteiger partial charge in [-0.3, -0.25) is 10.1 Å². The third kappa shape index (κ3) is 5.58. The van der Waals surface area contributed by atoms with Crippen LogP contribution in [0.3, 0.4) is 0 Å². The summed E-state index contributed by atoms with van der Waals surface area (Å²) in [5.41, 5.74) is 1.08. The van der Waals surface area contributed by atoms with E-state index < -0.39 is 42.2 Å². The van der Waals surface area contributed by atoms with Gasteiger partial charge in [0.25, 0.3) is 0 Å². The number of fused-ring (bicyclic) bond motifs is 3. The lowest BCUT2D eigenvalue weighted by Gasteiger charge is -2.38. The Hall–Kier alpha value is -1.55. The number of rotatable bonds is 7. The minimum atomic E-state index is -0.791. The fourth-order valence-corrected chi connectivity index (χ4v) is 4.80. The second kappa shape index (κ2) is 9.24. The van der Waals surface area contributed by atoms with E-state index in [1.54, 1.807) is 0 Å². The van der Waals surface area contributed by atoms with Crippen LogP contribution in [0.25, 0.3) is 0 Å². The number of carbonyl (C=O) groups excluding carboxylic acids is 1. The molecule has 1 aromatic rings. The second-order valence-electron chi connectivity index (χ2n) is 10.3. The van der Waals surface area contributed by atoms with Crippen molar-refractivity contribution in [2.24, 2.45) is 0 Å². The highest BCUT2D eigenvalue weighted by molar-refractivity contribution is 5.76. The molecule has 0 aromatic heterocycles. The molecule has 1 N–H and O–H groups in total. The van der Waals surface area contributed by atoms with E-state index in [2.05, 4.69) is 5.32 Å². The summed E-state index contributed by atoms with van der Waals surface area (Å²) in [4.78, 5) is 13.1. The Morgan fingerprint density at radius 3 is 2.21 bits per heavy atom. The molecule has 1 aromatic carbocycles. The zero-order chi connectivity index (χ0) is 24.0. The van der Waals surface area contributed by atoms with Crippen molar-refractivity contribution in [3.63, 3.8) is 0 Å². The molecule has 3 saturated heterocycles. The van der Waals surface area contributed by atoms with Gasteiger partial charge in [0.1, 0.15) is 24.4 Å². The van der Waals surface area contributed by atoms with E-state index in [0.29, 0.717) is 6.42 Å². The van der Waals surface area contributed by atoms with E-state index in [1.807, 2.05) is 78.8 Å². The molecular formula is C25H37NO7. The van der Waals surface area contributed by atoms with Crippen LogP contribution in [0.4, 0.5) is 0 Å².